The summed E-state index contributed by atoms with van der Waals surface area (Å²) >= 11 is 2.17. The van der Waals surface area contributed by atoms with Crippen molar-refractivity contribution >= 4 is 11.8 Å². The molecular formula is C10H19NS. The summed E-state index contributed by atoms with van der Waals surface area (Å²) in [6.07, 6.45) is 7.12. The molecule has 2 rings (SSSR count). The van der Waals surface area contributed by atoms with Gasteiger partial charge in [0.15, 0.2) is 0 Å². The maximum absolute atomic E-state index is 3.70. The molecule has 0 aromatic rings. The van der Waals surface area contributed by atoms with Gasteiger partial charge < -0.3 is 5.32 Å². The van der Waals surface area contributed by atoms with E-state index in [9.17, 15) is 0 Å². The maximum Gasteiger partial charge on any atom is 0.0646 e. The number of nitrogens with one attached hydrogen (secondary N) is 1. The highest BCUT2D eigenvalue weighted by Crippen LogP contribution is 2.40. The number of rotatable bonds is 0. The molecule has 1 heterocycles. The third-order valence-corrected chi connectivity index (χ3v) is 4.76. The van der Waals surface area contributed by atoms with Gasteiger partial charge in [-0.05, 0) is 25.2 Å². The van der Waals surface area contributed by atoms with Crippen molar-refractivity contribution < 1.29 is 0 Å². The molecule has 1 saturated heterocycles. The van der Waals surface area contributed by atoms with Crippen LogP contribution in [0.1, 0.15) is 39.0 Å². The predicted molar refractivity (Wildman–Crippen MR) is 55.4 cm³/mol. The molecule has 1 spiro atoms. The normalized spacial score (nSPS) is 43.2. The van der Waals surface area contributed by atoms with E-state index in [-0.39, 0.29) is 0 Å². The lowest BCUT2D eigenvalue weighted by molar-refractivity contribution is 0.435. The molecule has 1 aliphatic heterocycles. The summed E-state index contributed by atoms with van der Waals surface area (Å²) in [6.45, 7) is 3.64. The van der Waals surface area contributed by atoms with E-state index in [1.54, 1.807) is 0 Å². The minimum Gasteiger partial charge on any atom is -0.302 e. The molecule has 0 aromatic carbocycles. The molecule has 70 valence electrons. The summed E-state index contributed by atoms with van der Waals surface area (Å²) < 4.78 is 0. The Balaban J connectivity index is 1.97. The average molecular weight is 185 g/mol. The SMILES string of the molecule is CC1CCCC2(CC1)NCCS2. The number of hydrogen-bond donors (Lipinski definition) is 1. The first-order valence-corrected chi connectivity index (χ1v) is 6.18. The van der Waals surface area contributed by atoms with Gasteiger partial charge in [0.2, 0.25) is 0 Å². The van der Waals surface area contributed by atoms with Crippen LogP contribution in [0.3, 0.4) is 0 Å². The molecule has 0 radical (unpaired) electrons. The first kappa shape index (κ1) is 8.89. The van der Waals surface area contributed by atoms with Crippen LogP contribution in [0.4, 0.5) is 0 Å². The van der Waals surface area contributed by atoms with E-state index in [2.05, 4.69) is 24.0 Å². The maximum atomic E-state index is 3.70. The topological polar surface area (TPSA) is 12.0 Å². The van der Waals surface area contributed by atoms with Gasteiger partial charge in [0.05, 0.1) is 4.87 Å². The Labute approximate surface area is 79.7 Å². The molecule has 2 fully saturated rings. The van der Waals surface area contributed by atoms with Crippen molar-refractivity contribution in [3.63, 3.8) is 0 Å². The summed E-state index contributed by atoms with van der Waals surface area (Å²) in [5, 5.41) is 3.70. The molecule has 1 aliphatic carbocycles. The highest BCUT2D eigenvalue weighted by molar-refractivity contribution is 8.00. The molecule has 2 atom stereocenters. The second-order valence-corrected chi connectivity index (χ2v) is 5.78. The van der Waals surface area contributed by atoms with Crippen molar-refractivity contribution in [3.05, 3.63) is 0 Å². The highest BCUT2D eigenvalue weighted by Gasteiger charge is 2.35. The van der Waals surface area contributed by atoms with Crippen LogP contribution in [0.2, 0.25) is 0 Å². The molecule has 1 nitrogen and oxygen atoms in total. The minimum absolute atomic E-state index is 0.505. The second-order valence-electron chi connectivity index (χ2n) is 4.31. The van der Waals surface area contributed by atoms with E-state index in [0.29, 0.717) is 4.87 Å². The quantitative estimate of drug-likeness (QED) is 0.622. The van der Waals surface area contributed by atoms with Crippen LogP contribution in [0.25, 0.3) is 0 Å². The lowest BCUT2D eigenvalue weighted by Gasteiger charge is -2.26. The van der Waals surface area contributed by atoms with Crippen LogP contribution in [-0.2, 0) is 0 Å². The Bertz CT molecular complexity index is 152. The van der Waals surface area contributed by atoms with Gasteiger partial charge in [-0.25, -0.2) is 0 Å². The lowest BCUT2D eigenvalue weighted by Crippen LogP contribution is -2.36. The Hall–Kier alpha value is 0.310. The molecule has 2 unspecified atom stereocenters. The monoisotopic (exact) mass is 185 g/mol. The van der Waals surface area contributed by atoms with Crippen LogP contribution < -0.4 is 5.32 Å². The van der Waals surface area contributed by atoms with E-state index in [1.165, 1.54) is 44.4 Å². The Morgan fingerprint density at radius 1 is 1.33 bits per heavy atom. The summed E-state index contributed by atoms with van der Waals surface area (Å²) in [5.74, 6) is 2.29. The Morgan fingerprint density at radius 2 is 2.25 bits per heavy atom. The largest absolute Gasteiger partial charge is 0.302 e. The summed E-state index contributed by atoms with van der Waals surface area (Å²) in [7, 11) is 0. The van der Waals surface area contributed by atoms with Crippen LogP contribution in [0.15, 0.2) is 0 Å². The van der Waals surface area contributed by atoms with E-state index < -0.39 is 0 Å². The molecule has 0 amide bonds. The molecular weight excluding hydrogens is 166 g/mol. The van der Waals surface area contributed by atoms with E-state index in [4.69, 9.17) is 0 Å². The third kappa shape index (κ3) is 1.80. The van der Waals surface area contributed by atoms with Gasteiger partial charge in [-0.3, -0.25) is 0 Å². The molecule has 12 heavy (non-hydrogen) atoms. The molecule has 1 saturated carbocycles. The smallest absolute Gasteiger partial charge is 0.0646 e. The van der Waals surface area contributed by atoms with E-state index in [0.717, 1.165) is 5.92 Å². The average Bonchev–Trinajstić information content (AvgIpc) is 2.42. The van der Waals surface area contributed by atoms with Crippen molar-refractivity contribution in [1.82, 2.24) is 5.32 Å². The molecule has 0 bridgehead atoms. The molecule has 0 aromatic heterocycles. The first-order valence-electron chi connectivity index (χ1n) is 5.20. The van der Waals surface area contributed by atoms with Gasteiger partial charge in [0.25, 0.3) is 0 Å². The van der Waals surface area contributed by atoms with Crippen LogP contribution in [-0.4, -0.2) is 17.2 Å². The highest BCUT2D eigenvalue weighted by atomic mass is 32.2. The van der Waals surface area contributed by atoms with Crippen molar-refractivity contribution in [1.29, 1.82) is 0 Å². The van der Waals surface area contributed by atoms with Crippen molar-refractivity contribution in [3.8, 4) is 0 Å². The minimum atomic E-state index is 0.505. The van der Waals surface area contributed by atoms with Gasteiger partial charge in [-0.2, -0.15) is 0 Å². The number of thioether (sulfide) groups is 1. The van der Waals surface area contributed by atoms with Crippen LogP contribution in [0, 0.1) is 5.92 Å². The van der Waals surface area contributed by atoms with Gasteiger partial charge in [-0.15, -0.1) is 11.8 Å². The predicted octanol–water partition coefficient (Wildman–Crippen LogP) is 2.62. The fraction of sp³-hybridized carbons (Fsp3) is 1.00. The zero-order chi connectivity index (χ0) is 8.44. The summed E-state index contributed by atoms with van der Waals surface area (Å²) in [5.41, 5.74) is 0. The lowest BCUT2D eigenvalue weighted by atomic mass is 10.0. The molecule has 2 heteroatoms. The van der Waals surface area contributed by atoms with Crippen LogP contribution in [0.5, 0.6) is 0 Å². The Morgan fingerprint density at radius 3 is 3.00 bits per heavy atom. The number of hydrogen-bond acceptors (Lipinski definition) is 2. The van der Waals surface area contributed by atoms with Crippen molar-refractivity contribution in [2.75, 3.05) is 12.3 Å². The van der Waals surface area contributed by atoms with Crippen LogP contribution >= 0.6 is 11.8 Å². The van der Waals surface area contributed by atoms with E-state index >= 15 is 0 Å². The Kier molecular flexibility index (Phi) is 2.66. The first-order chi connectivity index (χ1) is 5.81. The van der Waals surface area contributed by atoms with E-state index in [1.807, 2.05) is 0 Å². The fourth-order valence-corrected chi connectivity index (χ4v) is 3.73. The summed E-state index contributed by atoms with van der Waals surface area (Å²) in [4.78, 5) is 0.505. The fourth-order valence-electron chi connectivity index (χ4n) is 2.38. The zero-order valence-corrected chi connectivity index (χ0v) is 8.75. The van der Waals surface area contributed by atoms with Gasteiger partial charge in [0.1, 0.15) is 0 Å². The van der Waals surface area contributed by atoms with Gasteiger partial charge in [0, 0.05) is 12.3 Å². The van der Waals surface area contributed by atoms with Gasteiger partial charge >= 0.3 is 0 Å². The molecule has 2 aliphatic rings. The molecule has 1 N–H and O–H groups in total. The second kappa shape index (κ2) is 3.59. The zero-order valence-electron chi connectivity index (χ0n) is 7.94. The van der Waals surface area contributed by atoms with Crippen molar-refractivity contribution in [2.24, 2.45) is 5.92 Å². The third-order valence-electron chi connectivity index (χ3n) is 3.25. The standard InChI is InChI=1S/C10H19NS/c1-9-3-2-5-10(6-4-9)11-7-8-12-10/h9,11H,2-8H2,1H3. The van der Waals surface area contributed by atoms with Gasteiger partial charge in [-0.1, -0.05) is 19.8 Å². The summed E-state index contributed by atoms with van der Waals surface area (Å²) in [6, 6.07) is 0. The van der Waals surface area contributed by atoms with Crippen molar-refractivity contribution in [2.45, 2.75) is 43.9 Å².